The highest BCUT2D eigenvalue weighted by atomic mass is 16.2. The third-order valence-electron chi connectivity index (χ3n) is 4.17. The van der Waals surface area contributed by atoms with Gasteiger partial charge in [-0.15, -0.1) is 0 Å². The van der Waals surface area contributed by atoms with Crippen molar-refractivity contribution in [3.8, 4) is 0 Å². The van der Waals surface area contributed by atoms with Crippen LogP contribution >= 0.6 is 0 Å². The summed E-state index contributed by atoms with van der Waals surface area (Å²) in [4.78, 5) is 14.4. The van der Waals surface area contributed by atoms with E-state index in [4.69, 9.17) is 5.84 Å². The molecule has 114 valence electrons. The van der Waals surface area contributed by atoms with Gasteiger partial charge in [0.25, 0.3) is 5.91 Å². The van der Waals surface area contributed by atoms with Crippen LogP contribution in [0, 0.1) is 6.92 Å². The van der Waals surface area contributed by atoms with E-state index >= 15 is 0 Å². The fourth-order valence-corrected chi connectivity index (χ4v) is 3.31. The second kappa shape index (κ2) is 5.53. The van der Waals surface area contributed by atoms with Crippen molar-refractivity contribution in [2.45, 2.75) is 52.6 Å². The number of benzene rings is 1. The van der Waals surface area contributed by atoms with Gasteiger partial charge in [-0.2, -0.15) is 0 Å². The van der Waals surface area contributed by atoms with E-state index < -0.39 is 0 Å². The van der Waals surface area contributed by atoms with Crippen molar-refractivity contribution in [2.75, 3.05) is 4.90 Å². The minimum Gasteiger partial charge on any atom is -0.350 e. The van der Waals surface area contributed by atoms with Crippen LogP contribution in [0.3, 0.4) is 0 Å². The van der Waals surface area contributed by atoms with Crippen LogP contribution in [0.15, 0.2) is 24.3 Å². The van der Waals surface area contributed by atoms with E-state index in [0.717, 1.165) is 5.69 Å². The fourth-order valence-electron chi connectivity index (χ4n) is 3.31. The number of hydrogen-bond acceptors (Lipinski definition) is 3. The van der Waals surface area contributed by atoms with Crippen molar-refractivity contribution >= 4 is 17.2 Å². The summed E-state index contributed by atoms with van der Waals surface area (Å²) in [5.41, 5.74) is 6.79. The number of nitrogens with zero attached hydrogens (tertiary/aromatic N) is 1. The van der Waals surface area contributed by atoms with E-state index in [0.29, 0.717) is 6.42 Å². The summed E-state index contributed by atoms with van der Waals surface area (Å²) < 4.78 is 0. The van der Waals surface area contributed by atoms with Crippen LogP contribution in [0.25, 0.3) is 5.57 Å². The molecule has 1 heterocycles. The Kier molecular flexibility index (Phi) is 4.10. The number of hydrazine groups is 1. The molecule has 0 saturated carbocycles. The maximum Gasteiger partial charge on any atom is 0.256 e. The molecule has 0 saturated heterocycles. The summed E-state index contributed by atoms with van der Waals surface area (Å²) in [6, 6.07) is 6.11. The van der Waals surface area contributed by atoms with Gasteiger partial charge in [0.1, 0.15) is 6.04 Å². The zero-order valence-corrected chi connectivity index (χ0v) is 13.5. The van der Waals surface area contributed by atoms with Crippen LogP contribution in [-0.2, 0) is 4.79 Å². The summed E-state index contributed by atoms with van der Waals surface area (Å²) in [6.45, 7) is 10.5. The minimum absolute atomic E-state index is 0.147. The number of hydrogen-bond donors (Lipinski definition) is 2. The highest BCUT2D eigenvalue weighted by Crippen LogP contribution is 2.41. The SMILES string of the molecule is CC[C@@H](C(=O)NN)N1c2cc(C)ccc2C(C)=CC1(C)C. The topological polar surface area (TPSA) is 58.4 Å². The van der Waals surface area contributed by atoms with Crippen molar-refractivity contribution in [3.05, 3.63) is 35.4 Å². The summed E-state index contributed by atoms with van der Waals surface area (Å²) >= 11 is 0. The third kappa shape index (κ3) is 2.68. The van der Waals surface area contributed by atoms with E-state index in [2.05, 4.69) is 62.3 Å². The second-order valence-corrected chi connectivity index (χ2v) is 6.30. The molecule has 2 rings (SSSR count). The number of anilines is 1. The Morgan fingerprint density at radius 3 is 2.62 bits per heavy atom. The molecular weight excluding hydrogens is 262 g/mol. The first-order chi connectivity index (χ1) is 9.81. The molecule has 0 bridgehead atoms. The summed E-state index contributed by atoms with van der Waals surface area (Å²) in [7, 11) is 0. The van der Waals surface area contributed by atoms with Gasteiger partial charge in [-0.3, -0.25) is 10.2 Å². The molecule has 0 unspecified atom stereocenters. The predicted octanol–water partition coefficient (Wildman–Crippen LogP) is 2.77. The van der Waals surface area contributed by atoms with Crippen molar-refractivity contribution in [1.29, 1.82) is 0 Å². The monoisotopic (exact) mass is 287 g/mol. The molecule has 4 nitrogen and oxygen atoms in total. The number of aryl methyl sites for hydroxylation is 1. The van der Waals surface area contributed by atoms with Gasteiger partial charge in [0.2, 0.25) is 0 Å². The number of rotatable bonds is 3. The first kappa shape index (κ1) is 15.6. The average Bonchev–Trinajstić information content (AvgIpc) is 2.41. The quantitative estimate of drug-likeness (QED) is 0.510. The molecule has 3 N–H and O–H groups in total. The second-order valence-electron chi connectivity index (χ2n) is 6.30. The first-order valence-corrected chi connectivity index (χ1v) is 7.42. The minimum atomic E-state index is -0.283. The maximum atomic E-state index is 12.2. The molecule has 1 aliphatic rings. The molecule has 0 radical (unpaired) electrons. The van der Waals surface area contributed by atoms with Crippen LogP contribution in [0.4, 0.5) is 5.69 Å². The summed E-state index contributed by atoms with van der Waals surface area (Å²) in [5.74, 6) is 5.23. The normalized spacial score (nSPS) is 17.8. The van der Waals surface area contributed by atoms with Gasteiger partial charge < -0.3 is 4.90 Å². The Bertz CT molecular complexity index is 590. The number of amides is 1. The van der Waals surface area contributed by atoms with Gasteiger partial charge in [0.15, 0.2) is 0 Å². The molecule has 4 heteroatoms. The van der Waals surface area contributed by atoms with Crippen molar-refractivity contribution < 1.29 is 4.79 Å². The molecule has 1 aliphatic heterocycles. The summed E-state index contributed by atoms with van der Waals surface area (Å²) in [5, 5.41) is 0. The Labute approximate surface area is 127 Å². The summed E-state index contributed by atoms with van der Waals surface area (Å²) in [6.07, 6.45) is 2.92. The third-order valence-corrected chi connectivity index (χ3v) is 4.17. The first-order valence-electron chi connectivity index (χ1n) is 7.42. The zero-order valence-electron chi connectivity index (χ0n) is 13.5. The van der Waals surface area contributed by atoms with Crippen LogP contribution in [-0.4, -0.2) is 17.5 Å². The maximum absolute atomic E-state index is 12.2. The lowest BCUT2D eigenvalue weighted by atomic mass is 9.86. The Hall–Kier alpha value is -1.81. The Balaban J connectivity index is 2.63. The highest BCUT2D eigenvalue weighted by molar-refractivity contribution is 5.89. The van der Waals surface area contributed by atoms with Crippen LogP contribution < -0.4 is 16.2 Å². The van der Waals surface area contributed by atoms with E-state index in [-0.39, 0.29) is 17.5 Å². The highest BCUT2D eigenvalue weighted by Gasteiger charge is 2.38. The molecule has 1 amide bonds. The number of nitrogens with one attached hydrogen (secondary N) is 1. The predicted molar refractivity (Wildman–Crippen MR) is 87.8 cm³/mol. The van der Waals surface area contributed by atoms with Crippen molar-refractivity contribution in [3.63, 3.8) is 0 Å². The van der Waals surface area contributed by atoms with E-state index in [1.165, 1.54) is 16.7 Å². The van der Waals surface area contributed by atoms with Gasteiger partial charge in [-0.05, 0) is 51.3 Å². The lowest BCUT2D eigenvalue weighted by Gasteiger charge is -2.47. The Morgan fingerprint density at radius 2 is 2.05 bits per heavy atom. The largest absolute Gasteiger partial charge is 0.350 e. The smallest absolute Gasteiger partial charge is 0.256 e. The lowest BCUT2D eigenvalue weighted by molar-refractivity contribution is -0.122. The molecule has 0 fully saturated rings. The van der Waals surface area contributed by atoms with Crippen LogP contribution in [0.2, 0.25) is 0 Å². The molecule has 0 aliphatic carbocycles. The average molecular weight is 287 g/mol. The number of fused-ring (bicyclic) bond motifs is 1. The standard InChI is InChI=1S/C17H25N3O/c1-6-14(16(21)19-18)20-15-9-11(2)7-8-13(15)12(3)10-17(20,4)5/h7-10,14H,6,18H2,1-5H3,(H,19,21)/t14-/m0/s1. The van der Waals surface area contributed by atoms with Gasteiger partial charge in [0, 0.05) is 11.3 Å². The molecule has 21 heavy (non-hydrogen) atoms. The number of nitrogens with two attached hydrogens (primary N) is 1. The zero-order chi connectivity index (χ0) is 15.8. The molecule has 0 spiro atoms. The molecule has 1 atom stereocenters. The van der Waals surface area contributed by atoms with E-state index in [9.17, 15) is 4.79 Å². The van der Waals surface area contributed by atoms with Crippen molar-refractivity contribution in [2.24, 2.45) is 5.84 Å². The van der Waals surface area contributed by atoms with Crippen LogP contribution in [0.5, 0.6) is 0 Å². The molecule has 1 aromatic rings. The number of carbonyl (C=O) groups excluding carboxylic acids is 1. The fraction of sp³-hybridized carbons (Fsp3) is 0.471. The molecule has 0 aromatic heterocycles. The van der Waals surface area contributed by atoms with Crippen molar-refractivity contribution in [1.82, 2.24) is 5.43 Å². The van der Waals surface area contributed by atoms with Crippen LogP contribution in [0.1, 0.15) is 45.2 Å². The van der Waals surface area contributed by atoms with Gasteiger partial charge in [-0.25, -0.2) is 5.84 Å². The Morgan fingerprint density at radius 1 is 1.38 bits per heavy atom. The number of carbonyl (C=O) groups is 1. The van der Waals surface area contributed by atoms with E-state index in [1.54, 1.807) is 0 Å². The lowest BCUT2D eigenvalue weighted by Crippen LogP contribution is -2.57. The van der Waals surface area contributed by atoms with Gasteiger partial charge in [0.05, 0.1) is 5.54 Å². The van der Waals surface area contributed by atoms with E-state index in [1.807, 2.05) is 6.92 Å². The molecule has 1 aromatic carbocycles. The molecular formula is C17H25N3O. The van der Waals surface area contributed by atoms with Gasteiger partial charge >= 0.3 is 0 Å². The van der Waals surface area contributed by atoms with Gasteiger partial charge in [-0.1, -0.05) is 25.1 Å². The number of allylic oxidation sites excluding steroid dienone is 1.